The Balaban J connectivity index is 1.41. The molecule has 0 radical (unpaired) electrons. The van der Waals surface area contributed by atoms with Crippen molar-refractivity contribution in [3.63, 3.8) is 0 Å². The fraction of sp³-hybridized carbons (Fsp3) is 0.222. The number of nitrogen functional groups attached to an aromatic ring is 1. The normalized spacial score (nSPS) is 19.5. The van der Waals surface area contributed by atoms with Gasteiger partial charge in [-0.15, -0.1) is 0 Å². The van der Waals surface area contributed by atoms with Gasteiger partial charge in [-0.05, 0) is 71.4 Å². The van der Waals surface area contributed by atoms with Crippen LogP contribution in [-0.2, 0) is 15.1 Å². The van der Waals surface area contributed by atoms with Gasteiger partial charge in [0, 0.05) is 6.20 Å². The summed E-state index contributed by atoms with van der Waals surface area (Å²) in [5.74, 6) is 2.29. The van der Waals surface area contributed by atoms with Crippen LogP contribution in [0.2, 0.25) is 0 Å². The van der Waals surface area contributed by atoms with Gasteiger partial charge in [0.1, 0.15) is 40.9 Å². The van der Waals surface area contributed by atoms with Crippen LogP contribution in [0.25, 0.3) is 0 Å². The number of methoxy groups -OCH3 is 2. The summed E-state index contributed by atoms with van der Waals surface area (Å²) >= 11 is 5.53. The number of ether oxygens (including phenoxy) is 5. The van der Waals surface area contributed by atoms with Crippen molar-refractivity contribution in [1.82, 2.24) is 9.55 Å². The van der Waals surface area contributed by atoms with Crippen LogP contribution in [0.5, 0.6) is 17.2 Å². The van der Waals surface area contributed by atoms with Gasteiger partial charge in [-0.3, -0.25) is 4.57 Å². The predicted octanol–water partition coefficient (Wildman–Crippen LogP) is 5.93. The summed E-state index contributed by atoms with van der Waals surface area (Å²) in [5, 5.41) is 11.8. The summed E-state index contributed by atoms with van der Waals surface area (Å²) in [6.45, 7) is -0.00497. The number of rotatable bonds is 11. The van der Waals surface area contributed by atoms with E-state index in [1.807, 2.05) is 109 Å². The molecule has 9 nitrogen and oxygen atoms in total. The number of hydrogen-bond acceptors (Lipinski definition) is 9. The SMILES string of the molecule is COc1ccc(C(OC[C@H]2O[C@@H](n3ccc(N)nc3=S)C(Oc3ccccc3)C2O)(c2ccccc2)c2ccc(OC)cc2)cc1. The summed E-state index contributed by atoms with van der Waals surface area (Å²) in [6.07, 6.45) is -1.85. The maximum Gasteiger partial charge on any atom is 0.203 e. The summed E-state index contributed by atoms with van der Waals surface area (Å²) < 4.78 is 32.6. The fourth-order valence-corrected chi connectivity index (χ4v) is 6.03. The topological polar surface area (TPSA) is 110 Å². The Labute approximate surface area is 272 Å². The van der Waals surface area contributed by atoms with Crippen LogP contribution < -0.4 is 19.9 Å². The Morgan fingerprint density at radius 3 is 1.87 bits per heavy atom. The summed E-state index contributed by atoms with van der Waals surface area (Å²) in [5.41, 5.74) is 7.39. The number of nitrogens with two attached hydrogens (primary N) is 1. The van der Waals surface area contributed by atoms with Crippen molar-refractivity contribution in [3.05, 3.63) is 143 Å². The van der Waals surface area contributed by atoms with E-state index < -0.39 is 30.1 Å². The molecular formula is C36H35N3O6S. The van der Waals surface area contributed by atoms with E-state index >= 15 is 0 Å². The van der Waals surface area contributed by atoms with Crippen molar-refractivity contribution in [1.29, 1.82) is 0 Å². The van der Waals surface area contributed by atoms with Gasteiger partial charge in [0.15, 0.2) is 12.3 Å². The highest BCUT2D eigenvalue weighted by Gasteiger charge is 2.48. The third-order valence-corrected chi connectivity index (χ3v) is 8.39. The minimum atomic E-state index is -1.10. The van der Waals surface area contributed by atoms with E-state index in [0.717, 1.165) is 16.7 Å². The van der Waals surface area contributed by atoms with Gasteiger partial charge in [0.2, 0.25) is 4.77 Å². The molecule has 0 saturated carbocycles. The van der Waals surface area contributed by atoms with E-state index in [1.165, 1.54) is 0 Å². The molecule has 0 bridgehead atoms. The smallest absolute Gasteiger partial charge is 0.203 e. The Kier molecular flexibility index (Phi) is 9.32. The van der Waals surface area contributed by atoms with Gasteiger partial charge in [-0.1, -0.05) is 72.8 Å². The van der Waals surface area contributed by atoms with Crippen molar-refractivity contribution >= 4 is 18.0 Å². The Morgan fingerprint density at radius 1 is 0.783 bits per heavy atom. The molecule has 1 saturated heterocycles. The van der Waals surface area contributed by atoms with Gasteiger partial charge in [0.25, 0.3) is 0 Å². The van der Waals surface area contributed by atoms with Crippen LogP contribution in [0.15, 0.2) is 121 Å². The molecule has 2 unspecified atom stereocenters. The molecule has 1 aliphatic rings. The number of anilines is 1. The molecule has 1 aromatic heterocycles. The standard InChI is InChI=1S/C36H35N3O6S/c1-41-27-17-13-25(14-18-27)36(24-9-5-3-6-10-24,26-15-19-28(42-2)20-16-26)43-23-30-32(40)33(44-29-11-7-4-8-12-29)34(45-30)39-22-21-31(37)38-35(39)46/h3-22,30,32-34,40H,23H2,1-2H3,(H2,37,38,46)/t30-,32?,33?,34-/m1/s1. The number of benzene rings is 4. The zero-order chi connectivity index (χ0) is 32.1. The van der Waals surface area contributed by atoms with E-state index in [1.54, 1.807) is 31.0 Å². The van der Waals surface area contributed by atoms with E-state index in [-0.39, 0.29) is 17.2 Å². The molecule has 0 amide bonds. The van der Waals surface area contributed by atoms with Crippen molar-refractivity contribution in [3.8, 4) is 17.2 Å². The van der Waals surface area contributed by atoms with E-state index in [9.17, 15) is 5.11 Å². The van der Waals surface area contributed by atoms with Crippen LogP contribution in [0, 0.1) is 4.77 Å². The molecule has 236 valence electrons. The monoisotopic (exact) mass is 637 g/mol. The second kappa shape index (κ2) is 13.7. The molecule has 6 rings (SSSR count). The molecule has 1 fully saturated rings. The molecule has 4 atom stereocenters. The minimum absolute atomic E-state index is 0.00497. The average Bonchev–Trinajstić information content (AvgIpc) is 3.40. The van der Waals surface area contributed by atoms with Crippen molar-refractivity contribution in [2.24, 2.45) is 0 Å². The van der Waals surface area contributed by atoms with Crippen LogP contribution in [0.1, 0.15) is 22.9 Å². The van der Waals surface area contributed by atoms with Crippen LogP contribution in [-0.4, -0.2) is 53.8 Å². The first-order chi connectivity index (χ1) is 22.4. The molecule has 10 heteroatoms. The lowest BCUT2D eigenvalue weighted by atomic mass is 9.80. The summed E-state index contributed by atoms with van der Waals surface area (Å²) in [7, 11) is 3.26. The number of aromatic nitrogens is 2. The van der Waals surface area contributed by atoms with Gasteiger partial charge in [0.05, 0.1) is 20.8 Å². The van der Waals surface area contributed by atoms with Crippen molar-refractivity contribution in [2.75, 3.05) is 26.6 Å². The van der Waals surface area contributed by atoms with E-state index in [4.69, 9.17) is 41.6 Å². The van der Waals surface area contributed by atoms with Gasteiger partial charge >= 0.3 is 0 Å². The van der Waals surface area contributed by atoms with Crippen LogP contribution in [0.4, 0.5) is 5.82 Å². The lowest BCUT2D eigenvalue weighted by Gasteiger charge is -2.37. The summed E-state index contributed by atoms with van der Waals surface area (Å²) in [6, 6.07) is 36.3. The Hall–Kier alpha value is -4.74. The Bertz CT molecular complexity index is 1740. The first kappa shape index (κ1) is 31.3. The average molecular weight is 638 g/mol. The third kappa shape index (κ3) is 6.20. The zero-order valence-electron chi connectivity index (χ0n) is 25.4. The number of aliphatic hydroxyl groups is 1. The maximum absolute atomic E-state index is 11.8. The van der Waals surface area contributed by atoms with Crippen LogP contribution >= 0.6 is 12.2 Å². The zero-order valence-corrected chi connectivity index (χ0v) is 26.2. The molecule has 46 heavy (non-hydrogen) atoms. The number of aliphatic hydroxyl groups excluding tert-OH is 1. The van der Waals surface area contributed by atoms with Gasteiger partial charge in [-0.2, -0.15) is 0 Å². The molecule has 5 aromatic rings. The molecule has 2 heterocycles. The largest absolute Gasteiger partial charge is 0.497 e. The third-order valence-electron chi connectivity index (χ3n) is 8.09. The lowest BCUT2D eigenvalue weighted by molar-refractivity contribution is -0.0951. The lowest BCUT2D eigenvalue weighted by Crippen LogP contribution is -2.41. The van der Waals surface area contributed by atoms with Crippen LogP contribution in [0.3, 0.4) is 0 Å². The molecule has 0 spiro atoms. The predicted molar refractivity (Wildman–Crippen MR) is 177 cm³/mol. The fourth-order valence-electron chi connectivity index (χ4n) is 5.76. The highest BCUT2D eigenvalue weighted by atomic mass is 32.1. The van der Waals surface area contributed by atoms with Gasteiger partial charge in [-0.25, -0.2) is 4.98 Å². The summed E-state index contributed by atoms with van der Waals surface area (Å²) in [4.78, 5) is 4.23. The molecule has 4 aromatic carbocycles. The molecular weight excluding hydrogens is 602 g/mol. The van der Waals surface area contributed by atoms with Crippen molar-refractivity contribution in [2.45, 2.75) is 30.1 Å². The van der Waals surface area contributed by atoms with E-state index in [2.05, 4.69) is 4.98 Å². The highest BCUT2D eigenvalue weighted by molar-refractivity contribution is 7.71. The number of nitrogens with zero attached hydrogens (tertiary/aromatic N) is 2. The molecule has 0 aliphatic carbocycles. The molecule has 3 N–H and O–H groups in total. The second-order valence-corrected chi connectivity index (χ2v) is 11.2. The van der Waals surface area contributed by atoms with E-state index in [0.29, 0.717) is 17.2 Å². The Morgan fingerprint density at radius 2 is 1.33 bits per heavy atom. The first-order valence-corrected chi connectivity index (χ1v) is 15.2. The van der Waals surface area contributed by atoms with Gasteiger partial charge < -0.3 is 34.5 Å². The highest BCUT2D eigenvalue weighted by Crippen LogP contribution is 2.43. The number of para-hydroxylation sites is 1. The first-order valence-electron chi connectivity index (χ1n) is 14.8. The van der Waals surface area contributed by atoms with Crippen molar-refractivity contribution < 1.29 is 28.8 Å². The second-order valence-electron chi connectivity index (χ2n) is 10.8. The maximum atomic E-state index is 11.8. The minimum Gasteiger partial charge on any atom is -0.497 e. The molecule has 1 aliphatic heterocycles. The number of hydrogen-bond donors (Lipinski definition) is 2. The quantitative estimate of drug-likeness (QED) is 0.135.